The summed E-state index contributed by atoms with van der Waals surface area (Å²) < 4.78 is 6.81. The average Bonchev–Trinajstić information content (AvgIpc) is 3.17. The summed E-state index contributed by atoms with van der Waals surface area (Å²) in [6.45, 7) is 1.97. The van der Waals surface area contributed by atoms with Gasteiger partial charge in [-0.25, -0.2) is 9.67 Å². The molecule has 128 valence electrons. The van der Waals surface area contributed by atoms with Crippen molar-refractivity contribution in [2.45, 2.75) is 19.4 Å². The molecule has 0 aliphatic carbocycles. The first-order valence-corrected chi connectivity index (χ1v) is 8.03. The molecule has 2 aromatic carbocycles. The Morgan fingerprint density at radius 3 is 2.48 bits per heavy atom. The number of methoxy groups -OCH3 is 1. The second kappa shape index (κ2) is 7.61. The molecule has 0 spiro atoms. The van der Waals surface area contributed by atoms with Gasteiger partial charge >= 0.3 is 0 Å². The SMILES string of the molecule is COc1ccc(CC(=O)N[C@H](C)c2ccc(-n3cncn3)cc2)cc1. The Morgan fingerprint density at radius 1 is 1.16 bits per heavy atom. The zero-order valence-electron chi connectivity index (χ0n) is 14.2. The molecule has 1 N–H and O–H groups in total. The zero-order chi connectivity index (χ0) is 17.6. The van der Waals surface area contributed by atoms with Crippen molar-refractivity contribution < 1.29 is 9.53 Å². The van der Waals surface area contributed by atoms with Crippen molar-refractivity contribution in [2.75, 3.05) is 7.11 Å². The van der Waals surface area contributed by atoms with Crippen molar-refractivity contribution in [3.8, 4) is 11.4 Å². The molecule has 1 heterocycles. The molecular formula is C19H20N4O2. The maximum absolute atomic E-state index is 12.2. The Labute approximate surface area is 146 Å². The molecule has 1 amide bonds. The van der Waals surface area contributed by atoms with Crippen molar-refractivity contribution in [3.05, 3.63) is 72.3 Å². The van der Waals surface area contributed by atoms with Gasteiger partial charge in [-0.15, -0.1) is 0 Å². The summed E-state index contributed by atoms with van der Waals surface area (Å²) in [6.07, 6.45) is 3.48. The van der Waals surface area contributed by atoms with Gasteiger partial charge in [0.25, 0.3) is 0 Å². The highest BCUT2D eigenvalue weighted by Gasteiger charge is 2.10. The van der Waals surface area contributed by atoms with Crippen molar-refractivity contribution in [2.24, 2.45) is 0 Å². The fraction of sp³-hybridized carbons (Fsp3) is 0.211. The predicted octanol–water partition coefficient (Wildman–Crippen LogP) is 2.70. The number of amides is 1. The number of benzene rings is 2. The monoisotopic (exact) mass is 336 g/mol. The van der Waals surface area contributed by atoms with E-state index in [0.717, 1.165) is 22.6 Å². The first kappa shape index (κ1) is 16.7. The van der Waals surface area contributed by atoms with Crippen LogP contribution < -0.4 is 10.1 Å². The molecule has 0 unspecified atom stereocenters. The van der Waals surface area contributed by atoms with E-state index in [9.17, 15) is 4.79 Å². The lowest BCUT2D eigenvalue weighted by atomic mass is 10.1. The van der Waals surface area contributed by atoms with E-state index in [4.69, 9.17) is 4.74 Å². The molecule has 1 atom stereocenters. The van der Waals surface area contributed by atoms with Crippen LogP contribution in [0.5, 0.6) is 5.75 Å². The molecule has 0 saturated carbocycles. The summed E-state index contributed by atoms with van der Waals surface area (Å²) in [5, 5.41) is 7.12. The van der Waals surface area contributed by atoms with Crippen molar-refractivity contribution in [3.63, 3.8) is 0 Å². The van der Waals surface area contributed by atoms with Gasteiger partial charge < -0.3 is 10.1 Å². The summed E-state index contributed by atoms with van der Waals surface area (Å²) >= 11 is 0. The molecule has 25 heavy (non-hydrogen) atoms. The Balaban J connectivity index is 1.59. The number of aromatic nitrogens is 3. The molecule has 3 rings (SSSR count). The number of rotatable bonds is 6. The fourth-order valence-electron chi connectivity index (χ4n) is 2.56. The lowest BCUT2D eigenvalue weighted by molar-refractivity contribution is -0.121. The molecule has 1 aromatic heterocycles. The first-order valence-electron chi connectivity index (χ1n) is 8.03. The first-order chi connectivity index (χ1) is 12.2. The Hall–Kier alpha value is -3.15. The van der Waals surface area contributed by atoms with Gasteiger partial charge in [0, 0.05) is 0 Å². The van der Waals surface area contributed by atoms with Gasteiger partial charge in [-0.05, 0) is 42.3 Å². The summed E-state index contributed by atoms with van der Waals surface area (Å²) in [5.41, 5.74) is 2.91. The van der Waals surface area contributed by atoms with Crippen LogP contribution in [0.2, 0.25) is 0 Å². The third kappa shape index (κ3) is 4.23. The van der Waals surface area contributed by atoms with E-state index in [0.29, 0.717) is 6.42 Å². The van der Waals surface area contributed by atoms with Crippen LogP contribution in [0.1, 0.15) is 24.1 Å². The lowest BCUT2D eigenvalue weighted by Gasteiger charge is -2.15. The predicted molar refractivity (Wildman–Crippen MR) is 94.6 cm³/mol. The van der Waals surface area contributed by atoms with Crippen LogP contribution in [0.25, 0.3) is 5.69 Å². The second-order valence-corrected chi connectivity index (χ2v) is 5.75. The molecule has 0 fully saturated rings. The second-order valence-electron chi connectivity index (χ2n) is 5.75. The van der Waals surface area contributed by atoms with E-state index < -0.39 is 0 Å². The zero-order valence-corrected chi connectivity index (χ0v) is 14.2. The highest BCUT2D eigenvalue weighted by atomic mass is 16.5. The number of ether oxygens (including phenoxy) is 1. The van der Waals surface area contributed by atoms with E-state index in [-0.39, 0.29) is 11.9 Å². The quantitative estimate of drug-likeness (QED) is 0.751. The van der Waals surface area contributed by atoms with Gasteiger partial charge in [0.15, 0.2) is 0 Å². The number of carbonyl (C=O) groups is 1. The van der Waals surface area contributed by atoms with Crippen LogP contribution in [0.4, 0.5) is 0 Å². The minimum atomic E-state index is -0.0736. The van der Waals surface area contributed by atoms with Gasteiger partial charge in [-0.2, -0.15) is 5.10 Å². The molecule has 0 saturated heterocycles. The van der Waals surface area contributed by atoms with E-state index in [1.54, 1.807) is 18.1 Å². The Morgan fingerprint density at radius 2 is 1.88 bits per heavy atom. The molecular weight excluding hydrogens is 316 g/mol. The minimum absolute atomic E-state index is 0.0157. The van der Waals surface area contributed by atoms with Crippen LogP contribution in [0, 0.1) is 0 Å². The summed E-state index contributed by atoms with van der Waals surface area (Å²) in [6, 6.07) is 15.3. The van der Waals surface area contributed by atoms with Gasteiger partial charge in [0.1, 0.15) is 18.4 Å². The van der Waals surface area contributed by atoms with Crippen LogP contribution in [-0.4, -0.2) is 27.8 Å². The topological polar surface area (TPSA) is 69.0 Å². The Bertz CT molecular complexity index is 812. The summed E-state index contributed by atoms with van der Waals surface area (Å²) in [7, 11) is 1.62. The van der Waals surface area contributed by atoms with Crippen molar-refractivity contribution >= 4 is 5.91 Å². The number of carbonyl (C=O) groups excluding carboxylic acids is 1. The number of nitrogens with zero attached hydrogens (tertiary/aromatic N) is 3. The average molecular weight is 336 g/mol. The molecule has 6 nitrogen and oxygen atoms in total. The molecule has 0 bridgehead atoms. The lowest BCUT2D eigenvalue weighted by Crippen LogP contribution is -2.28. The largest absolute Gasteiger partial charge is 0.497 e. The van der Waals surface area contributed by atoms with Crippen LogP contribution in [-0.2, 0) is 11.2 Å². The van der Waals surface area contributed by atoms with E-state index in [2.05, 4.69) is 15.4 Å². The highest BCUT2D eigenvalue weighted by Crippen LogP contribution is 2.16. The normalized spacial score (nSPS) is 11.8. The van der Waals surface area contributed by atoms with Gasteiger partial charge in [0.05, 0.1) is 25.3 Å². The van der Waals surface area contributed by atoms with E-state index in [1.807, 2.05) is 55.5 Å². The molecule has 0 radical (unpaired) electrons. The van der Waals surface area contributed by atoms with Gasteiger partial charge in [0.2, 0.25) is 5.91 Å². The van der Waals surface area contributed by atoms with E-state index >= 15 is 0 Å². The number of hydrogen-bond acceptors (Lipinski definition) is 4. The maximum Gasteiger partial charge on any atom is 0.224 e. The third-order valence-corrected chi connectivity index (χ3v) is 3.98. The molecule has 3 aromatic rings. The third-order valence-electron chi connectivity index (χ3n) is 3.98. The standard InChI is InChI=1S/C19H20N4O2/c1-14(16-5-7-17(8-6-16)23-13-20-12-21-23)22-19(24)11-15-3-9-18(25-2)10-4-15/h3-10,12-14H,11H2,1-2H3,(H,22,24)/t14-/m1/s1. The number of nitrogens with one attached hydrogen (secondary N) is 1. The van der Waals surface area contributed by atoms with Gasteiger partial charge in [-0.1, -0.05) is 24.3 Å². The van der Waals surface area contributed by atoms with Crippen molar-refractivity contribution in [1.82, 2.24) is 20.1 Å². The van der Waals surface area contributed by atoms with Crippen LogP contribution >= 0.6 is 0 Å². The van der Waals surface area contributed by atoms with Gasteiger partial charge in [-0.3, -0.25) is 4.79 Å². The number of hydrogen-bond donors (Lipinski definition) is 1. The summed E-state index contributed by atoms with van der Waals surface area (Å²) in [5.74, 6) is 0.767. The smallest absolute Gasteiger partial charge is 0.224 e. The molecule has 6 heteroatoms. The highest BCUT2D eigenvalue weighted by molar-refractivity contribution is 5.79. The Kier molecular flexibility index (Phi) is 5.09. The maximum atomic E-state index is 12.2. The summed E-state index contributed by atoms with van der Waals surface area (Å²) in [4.78, 5) is 16.2. The van der Waals surface area contributed by atoms with Crippen molar-refractivity contribution in [1.29, 1.82) is 0 Å². The van der Waals surface area contributed by atoms with Crippen LogP contribution in [0.15, 0.2) is 61.2 Å². The molecule has 0 aliphatic rings. The van der Waals surface area contributed by atoms with Crippen LogP contribution in [0.3, 0.4) is 0 Å². The minimum Gasteiger partial charge on any atom is -0.497 e. The molecule has 0 aliphatic heterocycles. The van der Waals surface area contributed by atoms with E-state index in [1.165, 1.54) is 6.33 Å². The fourth-order valence-corrected chi connectivity index (χ4v) is 2.56.